The average molecular weight is 304 g/mol. The summed E-state index contributed by atoms with van der Waals surface area (Å²) in [6.45, 7) is 6.74. The van der Waals surface area contributed by atoms with Gasteiger partial charge in [0.1, 0.15) is 0 Å². The first-order chi connectivity index (χ1) is 8.89. The minimum atomic E-state index is -0.396. The highest BCUT2D eigenvalue weighted by Gasteiger charge is 2.20. The monoisotopic (exact) mass is 304 g/mol. The molecule has 1 unspecified atom stereocenters. The summed E-state index contributed by atoms with van der Waals surface area (Å²) in [5.41, 5.74) is -0.396. The van der Waals surface area contributed by atoms with Gasteiger partial charge in [-0.3, -0.25) is 9.59 Å². The number of nitrogens with one attached hydrogen (secondary N) is 2. The van der Waals surface area contributed by atoms with Crippen LogP contribution in [0.4, 0.5) is 0 Å². The van der Waals surface area contributed by atoms with E-state index in [1.807, 2.05) is 44.3 Å². The lowest BCUT2D eigenvalue weighted by atomic mass is 9.96. The van der Waals surface area contributed by atoms with Gasteiger partial charge < -0.3 is 10.6 Å². The molecule has 110 valence electrons. The molecule has 0 aromatic rings. The van der Waals surface area contributed by atoms with Crippen LogP contribution in [-0.2, 0) is 9.59 Å². The number of carbonyl (C=O) groups excluding carboxylic acids is 2. The van der Waals surface area contributed by atoms with Crippen molar-refractivity contribution < 1.29 is 9.59 Å². The smallest absolute Gasteiger partial charge is 0.225 e. The molecule has 1 saturated heterocycles. The van der Waals surface area contributed by atoms with Gasteiger partial charge in [0.15, 0.2) is 0 Å². The zero-order valence-corrected chi connectivity index (χ0v) is 13.6. The molecule has 0 saturated carbocycles. The van der Waals surface area contributed by atoms with Gasteiger partial charge in [-0.15, -0.1) is 0 Å². The Morgan fingerprint density at radius 1 is 1.21 bits per heavy atom. The third-order valence-electron chi connectivity index (χ3n) is 2.73. The molecule has 0 aromatic heterocycles. The van der Waals surface area contributed by atoms with Gasteiger partial charge >= 0.3 is 0 Å². The molecule has 2 amide bonds. The number of thioether (sulfide) groups is 2. The van der Waals surface area contributed by atoms with Crippen LogP contribution in [0.1, 0.15) is 27.2 Å². The summed E-state index contributed by atoms with van der Waals surface area (Å²) in [5, 5.41) is 6.26. The molecular formula is C13H24N2O2S2. The summed E-state index contributed by atoms with van der Waals surface area (Å²) in [4.78, 5) is 23.2. The van der Waals surface area contributed by atoms with Crippen molar-refractivity contribution in [1.82, 2.24) is 10.6 Å². The summed E-state index contributed by atoms with van der Waals surface area (Å²) in [7, 11) is 0. The number of amides is 2. The standard InChI is InChI=1S/C13H24N2O2S2/c1-13(2,3)12(17)14-5-4-11(16)15-8-10-9-18-6-7-19-10/h10H,4-9H2,1-3H3,(H,14,17)(H,15,16). The Hall–Kier alpha value is -0.360. The Morgan fingerprint density at radius 2 is 1.95 bits per heavy atom. The average Bonchev–Trinajstić information content (AvgIpc) is 2.36. The van der Waals surface area contributed by atoms with Crippen molar-refractivity contribution in [3.05, 3.63) is 0 Å². The predicted octanol–water partition coefficient (Wildman–Crippen LogP) is 1.50. The minimum Gasteiger partial charge on any atom is -0.355 e. The third-order valence-corrected chi connectivity index (χ3v) is 5.58. The van der Waals surface area contributed by atoms with Crippen LogP contribution >= 0.6 is 23.5 Å². The lowest BCUT2D eigenvalue weighted by molar-refractivity contribution is -0.128. The van der Waals surface area contributed by atoms with E-state index < -0.39 is 5.41 Å². The fraction of sp³-hybridized carbons (Fsp3) is 0.846. The molecule has 1 heterocycles. The molecule has 0 spiro atoms. The van der Waals surface area contributed by atoms with E-state index in [0.29, 0.717) is 18.2 Å². The van der Waals surface area contributed by atoms with Gasteiger partial charge in [0.25, 0.3) is 0 Å². The second-order valence-corrected chi connectivity index (χ2v) is 8.19. The fourth-order valence-electron chi connectivity index (χ4n) is 1.53. The molecule has 1 aliphatic heterocycles. The Morgan fingerprint density at radius 3 is 2.53 bits per heavy atom. The lowest BCUT2D eigenvalue weighted by Gasteiger charge is -2.21. The Kier molecular flexibility index (Phi) is 7.07. The van der Waals surface area contributed by atoms with Crippen molar-refractivity contribution >= 4 is 35.3 Å². The third kappa shape index (κ3) is 7.11. The first kappa shape index (κ1) is 16.7. The first-order valence-corrected chi connectivity index (χ1v) is 8.84. The van der Waals surface area contributed by atoms with E-state index in [4.69, 9.17) is 0 Å². The normalized spacial score (nSPS) is 19.8. The van der Waals surface area contributed by atoms with Crippen molar-refractivity contribution in [1.29, 1.82) is 0 Å². The molecule has 4 nitrogen and oxygen atoms in total. The summed E-state index contributed by atoms with van der Waals surface area (Å²) < 4.78 is 0. The maximum absolute atomic E-state index is 11.6. The zero-order valence-electron chi connectivity index (χ0n) is 12.0. The van der Waals surface area contributed by atoms with E-state index in [1.165, 1.54) is 11.5 Å². The lowest BCUT2D eigenvalue weighted by Crippen LogP contribution is -2.38. The van der Waals surface area contributed by atoms with Gasteiger partial charge in [-0.2, -0.15) is 23.5 Å². The van der Waals surface area contributed by atoms with Gasteiger partial charge in [0, 0.05) is 47.4 Å². The summed E-state index contributed by atoms with van der Waals surface area (Å²) in [6, 6.07) is 0. The molecule has 6 heteroatoms. The van der Waals surface area contributed by atoms with Crippen molar-refractivity contribution in [3.8, 4) is 0 Å². The number of rotatable bonds is 5. The Bertz CT molecular complexity index is 310. The molecular weight excluding hydrogens is 280 g/mol. The molecule has 1 rings (SSSR count). The second kappa shape index (κ2) is 8.04. The highest BCUT2D eigenvalue weighted by Crippen LogP contribution is 2.23. The molecule has 2 N–H and O–H groups in total. The van der Waals surface area contributed by atoms with Gasteiger partial charge in [0.05, 0.1) is 0 Å². The second-order valence-electron chi connectivity index (χ2n) is 5.63. The van der Waals surface area contributed by atoms with Crippen LogP contribution in [0.5, 0.6) is 0 Å². The van der Waals surface area contributed by atoms with E-state index >= 15 is 0 Å². The quantitative estimate of drug-likeness (QED) is 0.808. The van der Waals surface area contributed by atoms with Crippen LogP contribution in [0.3, 0.4) is 0 Å². The molecule has 0 aliphatic carbocycles. The Labute approximate surface area is 124 Å². The number of hydrogen-bond acceptors (Lipinski definition) is 4. The molecule has 19 heavy (non-hydrogen) atoms. The van der Waals surface area contributed by atoms with Gasteiger partial charge in [0.2, 0.25) is 11.8 Å². The highest BCUT2D eigenvalue weighted by atomic mass is 32.2. The maximum Gasteiger partial charge on any atom is 0.225 e. The van der Waals surface area contributed by atoms with Gasteiger partial charge in [-0.05, 0) is 0 Å². The fourth-order valence-corrected chi connectivity index (χ4v) is 4.14. The molecule has 1 atom stereocenters. The van der Waals surface area contributed by atoms with Crippen LogP contribution < -0.4 is 10.6 Å². The molecule has 0 aromatic carbocycles. The van der Waals surface area contributed by atoms with E-state index in [0.717, 1.165) is 12.3 Å². The molecule has 1 fully saturated rings. The van der Waals surface area contributed by atoms with Crippen LogP contribution in [0, 0.1) is 5.41 Å². The van der Waals surface area contributed by atoms with E-state index in [-0.39, 0.29) is 11.8 Å². The SMILES string of the molecule is CC(C)(C)C(=O)NCCC(=O)NCC1CSCCS1. The molecule has 0 radical (unpaired) electrons. The summed E-state index contributed by atoms with van der Waals surface area (Å²) in [6.07, 6.45) is 0.354. The van der Waals surface area contributed by atoms with Gasteiger partial charge in [-0.25, -0.2) is 0 Å². The summed E-state index contributed by atoms with van der Waals surface area (Å²) in [5.74, 6) is 3.51. The topological polar surface area (TPSA) is 58.2 Å². The maximum atomic E-state index is 11.6. The number of carbonyl (C=O) groups is 2. The van der Waals surface area contributed by atoms with Crippen molar-refractivity contribution in [3.63, 3.8) is 0 Å². The van der Waals surface area contributed by atoms with E-state index in [2.05, 4.69) is 10.6 Å². The van der Waals surface area contributed by atoms with Crippen molar-refractivity contribution in [2.45, 2.75) is 32.4 Å². The highest BCUT2D eigenvalue weighted by molar-refractivity contribution is 8.06. The van der Waals surface area contributed by atoms with Crippen LogP contribution in [0.2, 0.25) is 0 Å². The number of hydrogen-bond donors (Lipinski definition) is 2. The largest absolute Gasteiger partial charge is 0.355 e. The van der Waals surface area contributed by atoms with Crippen LogP contribution in [0.15, 0.2) is 0 Å². The van der Waals surface area contributed by atoms with Crippen LogP contribution in [-0.4, -0.2) is 47.4 Å². The van der Waals surface area contributed by atoms with Crippen molar-refractivity contribution in [2.75, 3.05) is 30.3 Å². The minimum absolute atomic E-state index is 0.0143. The predicted molar refractivity (Wildman–Crippen MR) is 83.7 cm³/mol. The molecule has 1 aliphatic rings. The van der Waals surface area contributed by atoms with Crippen molar-refractivity contribution in [2.24, 2.45) is 5.41 Å². The van der Waals surface area contributed by atoms with E-state index in [9.17, 15) is 9.59 Å². The zero-order chi connectivity index (χ0) is 14.3. The van der Waals surface area contributed by atoms with Crippen LogP contribution in [0.25, 0.3) is 0 Å². The summed E-state index contributed by atoms with van der Waals surface area (Å²) >= 11 is 3.88. The van der Waals surface area contributed by atoms with Gasteiger partial charge in [-0.1, -0.05) is 20.8 Å². The first-order valence-electron chi connectivity index (χ1n) is 6.64. The molecule has 0 bridgehead atoms. The Balaban J connectivity index is 2.09. The van der Waals surface area contributed by atoms with E-state index in [1.54, 1.807) is 0 Å².